The molecule has 3 heterocycles. The molecule has 2 fully saturated rings. The summed E-state index contributed by atoms with van der Waals surface area (Å²) in [5, 5.41) is 9.56. The molecule has 0 aliphatic carbocycles. The Kier molecular flexibility index (Phi) is 3.60. The fraction of sp³-hybridized carbons (Fsp3) is 0.769. The molecule has 1 aromatic rings. The van der Waals surface area contributed by atoms with Gasteiger partial charge in [-0.2, -0.15) is 15.0 Å². The molecule has 0 spiro atoms. The molecule has 0 aromatic carbocycles. The zero-order chi connectivity index (χ0) is 14.1. The van der Waals surface area contributed by atoms with E-state index in [2.05, 4.69) is 31.7 Å². The van der Waals surface area contributed by atoms with Crippen molar-refractivity contribution in [2.24, 2.45) is 5.92 Å². The quantitative estimate of drug-likeness (QED) is 0.819. The van der Waals surface area contributed by atoms with Crippen LogP contribution in [0.25, 0.3) is 0 Å². The average Bonchev–Trinajstić information content (AvgIpc) is 3.06. The SMILES string of the molecule is CC1CCN(c2nc(N)nc(N3CCCC3)n2)C1CO. The van der Waals surface area contributed by atoms with Gasteiger partial charge >= 0.3 is 0 Å². The number of anilines is 3. The van der Waals surface area contributed by atoms with E-state index >= 15 is 0 Å². The minimum atomic E-state index is 0.0724. The predicted octanol–water partition coefficient (Wildman–Crippen LogP) is 0.261. The van der Waals surface area contributed by atoms with Crippen LogP contribution in [0.2, 0.25) is 0 Å². The van der Waals surface area contributed by atoms with Crippen LogP contribution in [0.4, 0.5) is 17.8 Å². The van der Waals surface area contributed by atoms with Gasteiger partial charge in [0.15, 0.2) is 0 Å². The number of aliphatic hydroxyl groups excluding tert-OH is 1. The van der Waals surface area contributed by atoms with Gasteiger partial charge in [-0.05, 0) is 25.2 Å². The van der Waals surface area contributed by atoms with Crippen molar-refractivity contribution in [2.75, 3.05) is 41.8 Å². The van der Waals surface area contributed by atoms with Gasteiger partial charge in [0, 0.05) is 19.6 Å². The van der Waals surface area contributed by atoms with Crippen molar-refractivity contribution in [1.82, 2.24) is 15.0 Å². The fourth-order valence-corrected chi connectivity index (χ4v) is 3.09. The van der Waals surface area contributed by atoms with Gasteiger partial charge in [-0.1, -0.05) is 6.92 Å². The van der Waals surface area contributed by atoms with Gasteiger partial charge in [0.25, 0.3) is 0 Å². The summed E-state index contributed by atoms with van der Waals surface area (Å²) in [6.07, 6.45) is 3.37. The molecular formula is C13H22N6O. The lowest BCUT2D eigenvalue weighted by atomic mass is 10.0. The first kappa shape index (κ1) is 13.4. The van der Waals surface area contributed by atoms with E-state index in [1.165, 1.54) is 12.8 Å². The van der Waals surface area contributed by atoms with E-state index in [0.717, 1.165) is 26.1 Å². The summed E-state index contributed by atoms with van der Waals surface area (Å²) in [5.41, 5.74) is 5.84. The third kappa shape index (κ3) is 2.37. The molecular weight excluding hydrogens is 256 g/mol. The van der Waals surface area contributed by atoms with Gasteiger partial charge in [-0.25, -0.2) is 0 Å². The summed E-state index contributed by atoms with van der Waals surface area (Å²) in [6, 6.07) is 0.0724. The zero-order valence-corrected chi connectivity index (χ0v) is 11.9. The molecule has 2 aliphatic rings. The molecule has 7 nitrogen and oxygen atoms in total. The molecule has 0 bridgehead atoms. The molecule has 110 valence electrons. The Morgan fingerprint density at radius 1 is 1.15 bits per heavy atom. The molecule has 0 amide bonds. The Morgan fingerprint density at radius 2 is 1.85 bits per heavy atom. The van der Waals surface area contributed by atoms with Crippen LogP contribution in [-0.2, 0) is 0 Å². The first-order chi connectivity index (χ1) is 9.69. The minimum Gasteiger partial charge on any atom is -0.394 e. The number of aliphatic hydroxyl groups is 1. The molecule has 7 heteroatoms. The maximum atomic E-state index is 9.56. The first-order valence-corrected chi connectivity index (χ1v) is 7.33. The summed E-state index contributed by atoms with van der Waals surface area (Å²) in [5.74, 6) is 1.96. The molecule has 2 atom stereocenters. The van der Waals surface area contributed by atoms with Crippen molar-refractivity contribution in [3.8, 4) is 0 Å². The van der Waals surface area contributed by atoms with E-state index in [1.54, 1.807) is 0 Å². The van der Waals surface area contributed by atoms with E-state index in [9.17, 15) is 5.11 Å². The molecule has 2 saturated heterocycles. The van der Waals surface area contributed by atoms with Gasteiger partial charge in [0.2, 0.25) is 17.8 Å². The van der Waals surface area contributed by atoms with Crippen LogP contribution in [0.3, 0.4) is 0 Å². The zero-order valence-electron chi connectivity index (χ0n) is 11.9. The lowest BCUT2D eigenvalue weighted by Crippen LogP contribution is -2.37. The molecule has 2 unspecified atom stereocenters. The average molecular weight is 278 g/mol. The third-order valence-electron chi connectivity index (χ3n) is 4.34. The first-order valence-electron chi connectivity index (χ1n) is 7.33. The Bertz CT molecular complexity index is 476. The molecule has 3 N–H and O–H groups in total. The lowest BCUT2D eigenvalue weighted by Gasteiger charge is -2.26. The van der Waals surface area contributed by atoms with E-state index in [4.69, 9.17) is 5.73 Å². The monoisotopic (exact) mass is 278 g/mol. The Morgan fingerprint density at radius 3 is 2.55 bits per heavy atom. The van der Waals surface area contributed by atoms with E-state index in [0.29, 0.717) is 17.8 Å². The van der Waals surface area contributed by atoms with Crippen molar-refractivity contribution in [1.29, 1.82) is 0 Å². The van der Waals surface area contributed by atoms with Crippen molar-refractivity contribution < 1.29 is 5.11 Å². The summed E-state index contributed by atoms with van der Waals surface area (Å²) >= 11 is 0. The molecule has 20 heavy (non-hydrogen) atoms. The normalized spacial score (nSPS) is 26.5. The van der Waals surface area contributed by atoms with Crippen LogP contribution in [0.5, 0.6) is 0 Å². The maximum absolute atomic E-state index is 9.56. The number of nitrogens with two attached hydrogens (primary N) is 1. The third-order valence-corrected chi connectivity index (χ3v) is 4.34. The van der Waals surface area contributed by atoms with Crippen LogP contribution < -0.4 is 15.5 Å². The highest BCUT2D eigenvalue weighted by Gasteiger charge is 2.33. The van der Waals surface area contributed by atoms with Gasteiger partial charge < -0.3 is 20.6 Å². The van der Waals surface area contributed by atoms with Crippen molar-refractivity contribution in [2.45, 2.75) is 32.2 Å². The molecule has 0 radical (unpaired) electrons. The van der Waals surface area contributed by atoms with Gasteiger partial charge in [-0.15, -0.1) is 0 Å². The largest absolute Gasteiger partial charge is 0.394 e. The summed E-state index contributed by atoms with van der Waals surface area (Å²) in [6.45, 7) is 5.07. The number of rotatable bonds is 3. The van der Waals surface area contributed by atoms with Crippen molar-refractivity contribution in [3.63, 3.8) is 0 Å². The van der Waals surface area contributed by atoms with Gasteiger partial charge in [0.05, 0.1) is 12.6 Å². The summed E-state index contributed by atoms with van der Waals surface area (Å²) < 4.78 is 0. The van der Waals surface area contributed by atoms with Crippen LogP contribution in [0, 0.1) is 5.92 Å². The molecule has 1 aromatic heterocycles. The van der Waals surface area contributed by atoms with E-state index in [-0.39, 0.29) is 18.6 Å². The van der Waals surface area contributed by atoms with Crippen LogP contribution in [-0.4, -0.2) is 52.3 Å². The summed E-state index contributed by atoms with van der Waals surface area (Å²) in [4.78, 5) is 17.3. The van der Waals surface area contributed by atoms with Gasteiger partial charge in [-0.3, -0.25) is 0 Å². The van der Waals surface area contributed by atoms with Gasteiger partial charge in [0.1, 0.15) is 0 Å². The topological polar surface area (TPSA) is 91.4 Å². The molecule has 0 saturated carbocycles. The molecule has 3 rings (SSSR count). The maximum Gasteiger partial charge on any atom is 0.232 e. The number of aromatic nitrogens is 3. The smallest absolute Gasteiger partial charge is 0.232 e. The fourth-order valence-electron chi connectivity index (χ4n) is 3.09. The number of hydrogen-bond acceptors (Lipinski definition) is 7. The van der Waals surface area contributed by atoms with E-state index in [1.807, 2.05) is 0 Å². The Labute approximate surface area is 118 Å². The second kappa shape index (κ2) is 5.40. The van der Waals surface area contributed by atoms with Crippen LogP contribution in [0.1, 0.15) is 26.2 Å². The Balaban J connectivity index is 1.89. The highest BCUT2D eigenvalue weighted by atomic mass is 16.3. The van der Waals surface area contributed by atoms with Crippen molar-refractivity contribution in [3.05, 3.63) is 0 Å². The summed E-state index contributed by atoms with van der Waals surface area (Å²) in [7, 11) is 0. The predicted molar refractivity (Wildman–Crippen MR) is 77.7 cm³/mol. The lowest BCUT2D eigenvalue weighted by molar-refractivity contribution is 0.244. The number of nitrogens with zero attached hydrogens (tertiary/aromatic N) is 5. The second-order valence-corrected chi connectivity index (χ2v) is 5.70. The number of nitrogen functional groups attached to an aromatic ring is 1. The number of hydrogen-bond donors (Lipinski definition) is 2. The Hall–Kier alpha value is -1.63. The van der Waals surface area contributed by atoms with Crippen LogP contribution in [0.15, 0.2) is 0 Å². The molecule has 2 aliphatic heterocycles. The van der Waals surface area contributed by atoms with Crippen molar-refractivity contribution >= 4 is 17.8 Å². The highest BCUT2D eigenvalue weighted by molar-refractivity contribution is 5.45. The van der Waals surface area contributed by atoms with Crippen LogP contribution >= 0.6 is 0 Å². The second-order valence-electron chi connectivity index (χ2n) is 5.70. The van der Waals surface area contributed by atoms with E-state index < -0.39 is 0 Å². The standard InChI is InChI=1S/C13H22N6O/c1-9-4-7-19(10(9)8-20)13-16-11(14)15-12(17-13)18-5-2-3-6-18/h9-10,20H,2-8H2,1H3,(H2,14,15,16,17). The highest BCUT2D eigenvalue weighted by Crippen LogP contribution is 2.28. The minimum absolute atomic E-state index is 0.0724.